The van der Waals surface area contributed by atoms with Gasteiger partial charge in [0.2, 0.25) is 0 Å². The molecule has 3 rings (SSSR count). The third-order valence-electron chi connectivity index (χ3n) is 6.32. The highest BCUT2D eigenvalue weighted by Crippen LogP contribution is 2.29. The van der Waals surface area contributed by atoms with Gasteiger partial charge in [0, 0.05) is 11.6 Å². The second-order valence-corrected chi connectivity index (χ2v) is 9.07. The number of aryl methyl sites for hydroxylation is 2. The zero-order chi connectivity index (χ0) is 24.0. The fourth-order valence-corrected chi connectivity index (χ4v) is 4.41. The maximum atomic E-state index is 5.98. The lowest BCUT2D eigenvalue weighted by molar-refractivity contribution is 0.261. The summed E-state index contributed by atoms with van der Waals surface area (Å²) in [4.78, 5) is 11.9. The van der Waals surface area contributed by atoms with Gasteiger partial charge in [0.1, 0.15) is 5.82 Å². The summed E-state index contributed by atoms with van der Waals surface area (Å²) in [7, 11) is 0. The normalized spacial score (nSPS) is 18.3. The first-order valence-electron chi connectivity index (χ1n) is 11.6. The zero-order valence-corrected chi connectivity index (χ0v) is 21.1. The molecule has 4 nitrogen and oxygen atoms in total. The summed E-state index contributed by atoms with van der Waals surface area (Å²) < 4.78 is 2.34. The average molecular weight is 463 g/mol. The largest absolute Gasteiger partial charge is 0.322 e. The number of imidazole rings is 1. The summed E-state index contributed by atoms with van der Waals surface area (Å²) in [5, 5.41) is 0.522. The molecule has 2 heterocycles. The minimum atomic E-state index is 0.260. The van der Waals surface area contributed by atoms with Crippen molar-refractivity contribution in [3.05, 3.63) is 88.4 Å². The first-order chi connectivity index (χ1) is 15.9. The van der Waals surface area contributed by atoms with E-state index in [4.69, 9.17) is 16.6 Å². The molecule has 1 aromatic heterocycles. The summed E-state index contributed by atoms with van der Waals surface area (Å²) in [6, 6.07) is 4.71. The number of allylic oxidation sites excluding steroid dienone is 8. The Morgan fingerprint density at radius 2 is 2.00 bits per heavy atom. The molecule has 1 saturated heterocycles. The van der Waals surface area contributed by atoms with Crippen LogP contribution >= 0.6 is 11.6 Å². The molecule has 1 unspecified atom stereocenters. The lowest BCUT2D eigenvalue weighted by Gasteiger charge is -2.25. The number of benzene rings is 1. The molecule has 1 aliphatic rings. The molecule has 0 bridgehead atoms. The molecule has 0 amide bonds. The Kier molecular flexibility index (Phi) is 8.65. The zero-order valence-electron chi connectivity index (χ0n) is 20.3. The first-order valence-corrected chi connectivity index (χ1v) is 11.9. The van der Waals surface area contributed by atoms with Crippen LogP contribution in [0.1, 0.15) is 43.6 Å². The van der Waals surface area contributed by atoms with E-state index in [1.807, 2.05) is 31.2 Å². The number of hydrogen-bond acceptors (Lipinski definition) is 3. The molecule has 1 aromatic carbocycles. The molecule has 5 heteroatoms. The van der Waals surface area contributed by atoms with Crippen LogP contribution in [0.3, 0.4) is 0 Å². The molecule has 1 aliphatic heterocycles. The summed E-state index contributed by atoms with van der Waals surface area (Å²) >= 11 is 5.98. The van der Waals surface area contributed by atoms with Gasteiger partial charge in [0.15, 0.2) is 0 Å². The molecule has 0 spiro atoms. The van der Waals surface area contributed by atoms with Crippen molar-refractivity contribution in [3.63, 3.8) is 0 Å². The first kappa shape index (κ1) is 24.9. The number of rotatable bonds is 9. The minimum Gasteiger partial charge on any atom is -0.322 e. The maximum absolute atomic E-state index is 5.98. The van der Waals surface area contributed by atoms with E-state index in [2.05, 4.69) is 72.8 Å². The van der Waals surface area contributed by atoms with Crippen LogP contribution in [0.2, 0.25) is 0 Å². The Morgan fingerprint density at radius 1 is 1.24 bits per heavy atom. The Bertz CT molecular complexity index is 1150. The van der Waals surface area contributed by atoms with Crippen LogP contribution in [0.4, 0.5) is 0 Å². The number of aromatic nitrogens is 2. The van der Waals surface area contributed by atoms with Crippen molar-refractivity contribution >= 4 is 29.4 Å². The van der Waals surface area contributed by atoms with Gasteiger partial charge in [-0.15, -0.1) is 0 Å². The van der Waals surface area contributed by atoms with Gasteiger partial charge in [-0.25, -0.2) is 4.98 Å². The Labute approximate surface area is 203 Å². The molecule has 1 atom stereocenters. The fraction of sp³-hybridized carbons (Fsp3) is 0.357. The summed E-state index contributed by atoms with van der Waals surface area (Å²) in [6.07, 6.45) is 14.4. The number of nitrogens with zero attached hydrogens (tertiary/aromatic N) is 4. The van der Waals surface area contributed by atoms with E-state index in [0.717, 1.165) is 60.6 Å². The lowest BCUT2D eigenvalue weighted by atomic mass is 10.1. The van der Waals surface area contributed by atoms with E-state index in [9.17, 15) is 0 Å². The van der Waals surface area contributed by atoms with E-state index in [1.165, 1.54) is 11.1 Å². The van der Waals surface area contributed by atoms with Gasteiger partial charge in [0.25, 0.3) is 0 Å². The van der Waals surface area contributed by atoms with Crippen LogP contribution in [-0.2, 0) is 13.1 Å². The van der Waals surface area contributed by atoms with Crippen molar-refractivity contribution in [3.8, 4) is 0 Å². The van der Waals surface area contributed by atoms with Gasteiger partial charge >= 0.3 is 0 Å². The third kappa shape index (κ3) is 6.01. The molecule has 0 N–H and O–H groups in total. The monoisotopic (exact) mass is 462 g/mol. The van der Waals surface area contributed by atoms with Gasteiger partial charge < -0.3 is 4.57 Å². The highest BCUT2D eigenvalue weighted by Gasteiger charge is 2.29. The van der Waals surface area contributed by atoms with Crippen molar-refractivity contribution in [1.29, 1.82) is 0 Å². The quantitative estimate of drug-likeness (QED) is 0.296. The van der Waals surface area contributed by atoms with Gasteiger partial charge in [-0.3, -0.25) is 9.89 Å². The molecule has 0 saturated carbocycles. The number of hydrogen-bond donors (Lipinski definition) is 0. The van der Waals surface area contributed by atoms with Crippen molar-refractivity contribution in [1.82, 2.24) is 14.5 Å². The number of likely N-dealkylation sites (tertiary alicyclic amines) is 1. The molecule has 33 heavy (non-hydrogen) atoms. The van der Waals surface area contributed by atoms with Gasteiger partial charge in [-0.2, -0.15) is 0 Å². The summed E-state index contributed by atoms with van der Waals surface area (Å²) in [5.41, 5.74) is 6.92. The van der Waals surface area contributed by atoms with Crippen LogP contribution in [0.5, 0.6) is 0 Å². The Balaban J connectivity index is 2.02. The predicted octanol–water partition coefficient (Wildman–Crippen LogP) is 7.03. The van der Waals surface area contributed by atoms with Crippen LogP contribution in [0, 0.1) is 13.8 Å². The van der Waals surface area contributed by atoms with Crippen LogP contribution in [0.15, 0.2) is 76.5 Å². The minimum absolute atomic E-state index is 0.260. The number of aliphatic imine (C=N–C) groups is 1. The van der Waals surface area contributed by atoms with Crippen LogP contribution < -0.4 is 0 Å². The van der Waals surface area contributed by atoms with Crippen LogP contribution in [0.25, 0.3) is 11.0 Å². The second kappa shape index (κ2) is 11.4. The molecule has 0 radical (unpaired) electrons. The SMILES string of the molecule is C=N/C(=C\C=C/C)C1CCCN1Cc1nc2cc(C)c(C)cc2n1CC(/C=C\C(=C)Cl)=C/C. The highest BCUT2D eigenvalue weighted by molar-refractivity contribution is 6.30. The summed E-state index contributed by atoms with van der Waals surface area (Å²) in [6.45, 7) is 18.5. The number of fused-ring (bicyclic) bond motifs is 1. The topological polar surface area (TPSA) is 33.4 Å². The molecule has 1 fully saturated rings. The van der Waals surface area contributed by atoms with E-state index < -0.39 is 0 Å². The van der Waals surface area contributed by atoms with Gasteiger partial charge in [-0.1, -0.05) is 42.5 Å². The Morgan fingerprint density at radius 3 is 2.67 bits per heavy atom. The smallest absolute Gasteiger partial charge is 0.124 e. The molecule has 0 aliphatic carbocycles. The van der Waals surface area contributed by atoms with E-state index in [-0.39, 0.29) is 6.04 Å². The fourth-order valence-electron chi connectivity index (χ4n) is 4.34. The van der Waals surface area contributed by atoms with E-state index in [1.54, 1.807) is 0 Å². The maximum Gasteiger partial charge on any atom is 0.124 e. The van der Waals surface area contributed by atoms with E-state index in [0.29, 0.717) is 5.03 Å². The van der Waals surface area contributed by atoms with Crippen LogP contribution in [-0.4, -0.2) is 33.8 Å². The Hall–Kier alpha value is -2.69. The lowest BCUT2D eigenvalue weighted by Crippen LogP contribution is -2.31. The standard InChI is InChI=1S/C28H35ClN4/c1-7-9-11-24(30-6)26-12-10-15-32(26)19-28-31-25-16-20(3)21(4)17-27(25)33(28)18-23(8-2)14-13-22(5)29/h7-9,11,13-14,16-17,26H,5-6,10,12,15,18-19H2,1-4H3/b9-7-,14-13-,23-8+,24-11-. The third-order valence-corrected chi connectivity index (χ3v) is 6.45. The van der Waals surface area contributed by atoms with Crippen molar-refractivity contribution in [2.75, 3.05) is 6.54 Å². The van der Waals surface area contributed by atoms with Crippen molar-refractivity contribution < 1.29 is 0 Å². The predicted molar refractivity (Wildman–Crippen MR) is 143 cm³/mol. The average Bonchev–Trinajstić information content (AvgIpc) is 3.37. The highest BCUT2D eigenvalue weighted by atomic mass is 35.5. The van der Waals surface area contributed by atoms with Gasteiger partial charge in [0.05, 0.1) is 29.3 Å². The van der Waals surface area contributed by atoms with Gasteiger partial charge in [-0.05, 0) is 94.8 Å². The van der Waals surface area contributed by atoms with Crippen molar-refractivity contribution in [2.45, 2.75) is 59.7 Å². The summed E-state index contributed by atoms with van der Waals surface area (Å²) in [5.74, 6) is 1.06. The molecule has 174 valence electrons. The van der Waals surface area contributed by atoms with E-state index >= 15 is 0 Å². The molecular weight excluding hydrogens is 428 g/mol. The molecule has 2 aromatic rings. The number of halogens is 1. The second-order valence-electron chi connectivity index (χ2n) is 8.59. The van der Waals surface area contributed by atoms with Crippen molar-refractivity contribution in [2.24, 2.45) is 4.99 Å². The molecular formula is C28H35ClN4.